The van der Waals surface area contributed by atoms with Gasteiger partial charge in [-0.3, -0.25) is 0 Å². The second kappa shape index (κ2) is 11.0. The molecule has 0 aliphatic rings. The number of aromatic nitrogens is 3. The lowest BCUT2D eigenvalue weighted by Gasteiger charge is -2.12. The molecule has 0 spiro atoms. The number of urea groups is 1. The van der Waals surface area contributed by atoms with Crippen LogP contribution in [0, 0.1) is 6.92 Å². The lowest BCUT2D eigenvalue weighted by molar-refractivity contribution is 0.251. The number of rotatable bonds is 7. The van der Waals surface area contributed by atoms with E-state index in [1.165, 1.54) is 0 Å². The zero-order chi connectivity index (χ0) is 25.8. The maximum Gasteiger partial charge on any atom is 0.319 e. The SMILES string of the molecule is Cc1cccc(NC(=O)NCc2ccc(CNc3cc(-c4ccccc4Cl)nc4c(Br)cnn34)cc2)c1. The molecule has 5 rings (SSSR count). The first kappa shape index (κ1) is 24.8. The number of nitrogens with one attached hydrogen (secondary N) is 3. The molecular formula is C28H24BrClN6O. The van der Waals surface area contributed by atoms with Crippen LogP contribution in [-0.4, -0.2) is 20.6 Å². The highest BCUT2D eigenvalue weighted by Gasteiger charge is 2.13. The first-order valence-corrected chi connectivity index (χ1v) is 12.9. The summed E-state index contributed by atoms with van der Waals surface area (Å²) < 4.78 is 2.56. The van der Waals surface area contributed by atoms with Gasteiger partial charge in [-0.15, -0.1) is 0 Å². The van der Waals surface area contributed by atoms with Crippen LogP contribution in [0.25, 0.3) is 16.9 Å². The van der Waals surface area contributed by atoms with Crippen molar-refractivity contribution in [3.8, 4) is 11.3 Å². The Kier molecular flexibility index (Phi) is 7.39. The Bertz CT molecular complexity index is 1570. The molecule has 2 heterocycles. The minimum absolute atomic E-state index is 0.238. The summed E-state index contributed by atoms with van der Waals surface area (Å²) in [5, 5.41) is 14.3. The number of nitrogens with zero attached hydrogens (tertiary/aromatic N) is 3. The molecule has 0 fully saturated rings. The molecule has 0 bridgehead atoms. The van der Waals surface area contributed by atoms with E-state index in [4.69, 9.17) is 16.6 Å². The van der Waals surface area contributed by atoms with E-state index in [1.54, 1.807) is 10.7 Å². The van der Waals surface area contributed by atoms with Crippen LogP contribution in [0.4, 0.5) is 16.3 Å². The largest absolute Gasteiger partial charge is 0.366 e. The minimum atomic E-state index is -0.238. The molecule has 2 amide bonds. The zero-order valence-corrected chi connectivity index (χ0v) is 22.3. The fraction of sp³-hybridized carbons (Fsp3) is 0.107. The number of anilines is 2. The summed E-state index contributed by atoms with van der Waals surface area (Å²) in [5.74, 6) is 0.796. The van der Waals surface area contributed by atoms with E-state index in [-0.39, 0.29) is 6.03 Å². The molecule has 0 aliphatic heterocycles. The smallest absolute Gasteiger partial charge is 0.319 e. The number of hydrogen-bond acceptors (Lipinski definition) is 4. The molecule has 0 saturated heterocycles. The second-order valence-corrected chi connectivity index (χ2v) is 9.84. The van der Waals surface area contributed by atoms with Gasteiger partial charge in [0.25, 0.3) is 0 Å². The van der Waals surface area contributed by atoms with Crippen molar-refractivity contribution in [1.29, 1.82) is 0 Å². The Labute approximate surface area is 228 Å². The second-order valence-electron chi connectivity index (χ2n) is 8.58. The van der Waals surface area contributed by atoms with Gasteiger partial charge >= 0.3 is 6.03 Å². The number of fused-ring (bicyclic) bond motifs is 1. The lowest BCUT2D eigenvalue weighted by atomic mass is 10.1. The summed E-state index contributed by atoms with van der Waals surface area (Å²) in [5.41, 5.74) is 6.26. The van der Waals surface area contributed by atoms with E-state index in [2.05, 4.69) is 37.0 Å². The highest BCUT2D eigenvalue weighted by atomic mass is 79.9. The molecular weight excluding hydrogens is 552 g/mol. The van der Waals surface area contributed by atoms with E-state index in [0.29, 0.717) is 23.8 Å². The van der Waals surface area contributed by atoms with Crippen molar-refractivity contribution < 1.29 is 4.79 Å². The fourth-order valence-electron chi connectivity index (χ4n) is 3.92. The van der Waals surface area contributed by atoms with E-state index in [9.17, 15) is 4.79 Å². The predicted octanol–water partition coefficient (Wildman–Crippen LogP) is 7.05. The van der Waals surface area contributed by atoms with Crippen molar-refractivity contribution >= 4 is 50.7 Å². The molecule has 37 heavy (non-hydrogen) atoms. The molecule has 3 N–H and O–H groups in total. The van der Waals surface area contributed by atoms with E-state index >= 15 is 0 Å². The molecule has 186 valence electrons. The van der Waals surface area contributed by atoms with Gasteiger partial charge in [0.15, 0.2) is 5.65 Å². The van der Waals surface area contributed by atoms with Gasteiger partial charge in [-0.1, -0.05) is 66.2 Å². The topological polar surface area (TPSA) is 83.4 Å². The standard InChI is InChI=1S/C28H24BrClN6O/c1-18-5-4-6-21(13-18)34-28(37)32-16-20-11-9-19(10-12-20)15-31-26-14-25(22-7-2-3-8-24(22)30)35-27-23(29)17-33-36(26)27/h2-14,17,31H,15-16H2,1H3,(H2,32,34,37). The van der Waals surface area contributed by atoms with Gasteiger partial charge in [0.05, 0.1) is 16.4 Å². The zero-order valence-electron chi connectivity index (χ0n) is 20.0. The van der Waals surface area contributed by atoms with Crippen molar-refractivity contribution in [3.63, 3.8) is 0 Å². The molecule has 7 nitrogen and oxygen atoms in total. The van der Waals surface area contributed by atoms with E-state index < -0.39 is 0 Å². The van der Waals surface area contributed by atoms with Crippen LogP contribution >= 0.6 is 27.5 Å². The van der Waals surface area contributed by atoms with Gasteiger partial charge in [-0.05, 0) is 57.7 Å². The third-order valence-corrected chi connectivity index (χ3v) is 6.69. The Hall–Kier alpha value is -3.88. The van der Waals surface area contributed by atoms with Crippen molar-refractivity contribution in [2.75, 3.05) is 10.6 Å². The van der Waals surface area contributed by atoms with Crippen LogP contribution in [0.15, 0.2) is 89.5 Å². The minimum Gasteiger partial charge on any atom is -0.366 e. The van der Waals surface area contributed by atoms with Crippen LogP contribution in [0.2, 0.25) is 5.02 Å². The summed E-state index contributed by atoms with van der Waals surface area (Å²) in [6, 6.07) is 25.1. The number of carbonyl (C=O) groups is 1. The van der Waals surface area contributed by atoms with Crippen LogP contribution in [0.5, 0.6) is 0 Å². The highest BCUT2D eigenvalue weighted by Crippen LogP contribution is 2.30. The van der Waals surface area contributed by atoms with Crippen molar-refractivity contribution in [2.45, 2.75) is 20.0 Å². The number of carbonyl (C=O) groups excluding carboxylic acids is 1. The van der Waals surface area contributed by atoms with Crippen LogP contribution in [-0.2, 0) is 13.1 Å². The molecule has 2 aromatic heterocycles. The Morgan fingerprint density at radius 2 is 1.73 bits per heavy atom. The van der Waals surface area contributed by atoms with Crippen LogP contribution in [0.1, 0.15) is 16.7 Å². The van der Waals surface area contributed by atoms with Gasteiger partial charge in [0.2, 0.25) is 0 Å². The number of aryl methyl sites for hydroxylation is 1. The predicted molar refractivity (Wildman–Crippen MR) is 152 cm³/mol. The number of amides is 2. The van der Waals surface area contributed by atoms with Crippen molar-refractivity contribution in [3.05, 3.63) is 111 Å². The third kappa shape index (κ3) is 5.93. The number of halogens is 2. The molecule has 0 radical (unpaired) electrons. The summed E-state index contributed by atoms with van der Waals surface area (Å²) >= 11 is 9.97. The van der Waals surface area contributed by atoms with Gasteiger partial charge in [0, 0.05) is 35.4 Å². The highest BCUT2D eigenvalue weighted by molar-refractivity contribution is 9.10. The fourth-order valence-corrected chi connectivity index (χ4v) is 4.50. The van der Waals surface area contributed by atoms with Crippen molar-refractivity contribution in [2.24, 2.45) is 0 Å². The summed E-state index contributed by atoms with van der Waals surface area (Å²) in [6.07, 6.45) is 1.72. The summed E-state index contributed by atoms with van der Waals surface area (Å²) in [6.45, 7) is 3.00. The molecule has 0 aliphatic carbocycles. The third-order valence-electron chi connectivity index (χ3n) is 5.80. The molecule has 0 atom stereocenters. The summed E-state index contributed by atoms with van der Waals surface area (Å²) in [7, 11) is 0. The lowest BCUT2D eigenvalue weighted by Crippen LogP contribution is -2.28. The monoisotopic (exact) mass is 574 g/mol. The first-order chi connectivity index (χ1) is 18.0. The normalized spacial score (nSPS) is 10.9. The quantitative estimate of drug-likeness (QED) is 0.194. The van der Waals surface area contributed by atoms with Crippen LogP contribution < -0.4 is 16.0 Å². The van der Waals surface area contributed by atoms with E-state index in [0.717, 1.165) is 43.9 Å². The molecule has 0 saturated carbocycles. The van der Waals surface area contributed by atoms with Crippen molar-refractivity contribution in [1.82, 2.24) is 19.9 Å². The Morgan fingerprint density at radius 3 is 2.49 bits per heavy atom. The van der Waals surface area contributed by atoms with Crippen LogP contribution in [0.3, 0.4) is 0 Å². The summed E-state index contributed by atoms with van der Waals surface area (Å²) in [4.78, 5) is 17.0. The molecule has 3 aromatic carbocycles. The van der Waals surface area contributed by atoms with E-state index in [1.807, 2.05) is 85.8 Å². The molecule has 5 aromatic rings. The molecule has 9 heteroatoms. The molecule has 0 unspecified atom stereocenters. The average Bonchev–Trinajstić information content (AvgIpc) is 3.27. The maximum absolute atomic E-state index is 12.2. The van der Waals surface area contributed by atoms with Gasteiger partial charge < -0.3 is 16.0 Å². The maximum atomic E-state index is 12.2. The first-order valence-electron chi connectivity index (χ1n) is 11.7. The van der Waals surface area contributed by atoms with Gasteiger partial charge in [-0.25, -0.2) is 9.78 Å². The van der Waals surface area contributed by atoms with Gasteiger partial charge in [0.1, 0.15) is 5.82 Å². The van der Waals surface area contributed by atoms with Gasteiger partial charge in [-0.2, -0.15) is 9.61 Å². The number of benzene rings is 3. The average molecular weight is 576 g/mol. The Balaban J connectivity index is 1.24. The Morgan fingerprint density at radius 1 is 0.973 bits per heavy atom. The number of hydrogen-bond donors (Lipinski definition) is 3.